The summed E-state index contributed by atoms with van der Waals surface area (Å²) >= 11 is 0. The van der Waals surface area contributed by atoms with E-state index in [0.29, 0.717) is 77.9 Å². The highest BCUT2D eigenvalue weighted by Crippen LogP contribution is 2.13. The summed E-state index contributed by atoms with van der Waals surface area (Å²) in [6.07, 6.45) is 2.20. The van der Waals surface area contributed by atoms with Crippen LogP contribution in [0.15, 0.2) is 60.7 Å². The number of hydrogen-bond acceptors (Lipinski definition) is 8. The molecule has 2 aromatic carbocycles. The van der Waals surface area contributed by atoms with E-state index in [4.69, 9.17) is 28.4 Å². The summed E-state index contributed by atoms with van der Waals surface area (Å²) in [5.74, 6) is 0.963. The smallest absolute Gasteiger partial charge is 0.0701 e. The van der Waals surface area contributed by atoms with Crippen LogP contribution in [-0.4, -0.2) is 115 Å². The molecule has 1 saturated heterocycles. The SMILES string of the molecule is CC1CCN(Cc2ccccc2)CCN(Cc2ccccc2)CCC(C)COCCOCCOCCOCCOCCOC1. The summed E-state index contributed by atoms with van der Waals surface area (Å²) in [6.45, 7) is 17.9. The molecule has 8 nitrogen and oxygen atoms in total. The fourth-order valence-corrected chi connectivity index (χ4v) is 5.05. The fourth-order valence-electron chi connectivity index (χ4n) is 5.05. The van der Waals surface area contributed by atoms with E-state index in [0.717, 1.165) is 65.3 Å². The molecule has 3 rings (SSSR count). The van der Waals surface area contributed by atoms with Gasteiger partial charge in [-0.3, -0.25) is 9.80 Å². The van der Waals surface area contributed by atoms with Crippen molar-refractivity contribution in [2.45, 2.75) is 39.8 Å². The molecule has 0 aliphatic carbocycles. The molecule has 0 amide bonds. The lowest BCUT2D eigenvalue weighted by molar-refractivity contribution is -0.0199. The fraction of sp³-hybridized carbons (Fsp3) is 0.667. The molecule has 0 bridgehead atoms. The first kappa shape index (κ1) is 36.6. The number of benzene rings is 2. The summed E-state index contributed by atoms with van der Waals surface area (Å²) in [7, 11) is 0. The third-order valence-corrected chi connectivity index (χ3v) is 7.77. The van der Waals surface area contributed by atoms with E-state index < -0.39 is 0 Å². The van der Waals surface area contributed by atoms with E-state index in [9.17, 15) is 0 Å². The van der Waals surface area contributed by atoms with Crippen molar-refractivity contribution < 1.29 is 28.4 Å². The highest BCUT2D eigenvalue weighted by atomic mass is 16.6. The Kier molecular flexibility index (Phi) is 20.3. The Labute approximate surface area is 266 Å². The van der Waals surface area contributed by atoms with Crippen LogP contribution in [0.5, 0.6) is 0 Å². The molecule has 2 atom stereocenters. The van der Waals surface area contributed by atoms with Crippen LogP contribution in [0.1, 0.15) is 37.8 Å². The minimum atomic E-state index is 0.482. The maximum atomic E-state index is 5.94. The Bertz CT molecular complexity index is 846. The van der Waals surface area contributed by atoms with Gasteiger partial charge in [-0.15, -0.1) is 0 Å². The lowest BCUT2D eigenvalue weighted by Crippen LogP contribution is -2.37. The van der Waals surface area contributed by atoms with Gasteiger partial charge in [-0.2, -0.15) is 0 Å². The molecule has 0 saturated carbocycles. The second kappa shape index (κ2) is 24.4. The topological polar surface area (TPSA) is 61.9 Å². The van der Waals surface area contributed by atoms with E-state index in [2.05, 4.69) is 84.3 Å². The van der Waals surface area contributed by atoms with Crippen molar-refractivity contribution >= 4 is 0 Å². The Morgan fingerprint density at radius 2 is 0.773 bits per heavy atom. The van der Waals surface area contributed by atoms with Crippen LogP contribution in [0.2, 0.25) is 0 Å². The molecule has 0 radical (unpaired) electrons. The molecule has 2 unspecified atom stereocenters. The molecule has 2 aromatic rings. The summed E-state index contributed by atoms with van der Waals surface area (Å²) in [5, 5.41) is 0. The molecule has 0 N–H and O–H groups in total. The predicted octanol–water partition coefficient (Wildman–Crippen LogP) is 5.16. The maximum Gasteiger partial charge on any atom is 0.0701 e. The molecular formula is C36H58N2O6. The molecule has 8 heteroatoms. The zero-order valence-electron chi connectivity index (χ0n) is 27.4. The summed E-state index contributed by atoms with van der Waals surface area (Å²) < 4.78 is 34.3. The van der Waals surface area contributed by atoms with Crippen LogP contribution < -0.4 is 0 Å². The molecule has 0 aromatic heterocycles. The largest absolute Gasteiger partial charge is 0.379 e. The van der Waals surface area contributed by atoms with Crippen LogP contribution in [0, 0.1) is 11.8 Å². The monoisotopic (exact) mass is 614 g/mol. The highest BCUT2D eigenvalue weighted by molar-refractivity contribution is 5.15. The standard InChI is InChI=1S/C36H58N2O6/c1-33-13-15-37(29-35-9-5-3-6-10-35)17-18-38(30-36-11-7-4-8-12-36)16-14-34(2)32-44-28-26-42-24-22-40-20-19-39-21-23-41-25-27-43-31-33/h3-12,33-34H,13-32H2,1-2H3. The van der Waals surface area contributed by atoms with Gasteiger partial charge < -0.3 is 28.4 Å². The molecular weight excluding hydrogens is 556 g/mol. The van der Waals surface area contributed by atoms with Gasteiger partial charge in [0.2, 0.25) is 0 Å². The Balaban J connectivity index is 1.56. The quantitative estimate of drug-likeness (QED) is 0.469. The normalized spacial score (nSPS) is 23.8. The van der Waals surface area contributed by atoms with Gasteiger partial charge in [-0.05, 0) is 48.9 Å². The van der Waals surface area contributed by atoms with Gasteiger partial charge in [0.15, 0.2) is 0 Å². The van der Waals surface area contributed by atoms with Gasteiger partial charge in [0.25, 0.3) is 0 Å². The number of ether oxygens (including phenoxy) is 6. The Hall–Kier alpha value is -1.88. The van der Waals surface area contributed by atoms with Gasteiger partial charge in [0.1, 0.15) is 0 Å². The molecule has 248 valence electrons. The zero-order valence-corrected chi connectivity index (χ0v) is 27.4. The third kappa shape index (κ3) is 18.2. The van der Waals surface area contributed by atoms with Crippen LogP contribution in [-0.2, 0) is 41.5 Å². The van der Waals surface area contributed by atoms with Gasteiger partial charge >= 0.3 is 0 Å². The summed E-state index contributed by atoms with van der Waals surface area (Å²) in [4.78, 5) is 5.22. The minimum absolute atomic E-state index is 0.482. The van der Waals surface area contributed by atoms with Crippen molar-refractivity contribution in [3.05, 3.63) is 71.8 Å². The van der Waals surface area contributed by atoms with Gasteiger partial charge in [0.05, 0.1) is 66.1 Å². The molecule has 1 aliphatic rings. The lowest BCUT2D eigenvalue weighted by atomic mass is 10.1. The number of hydrogen-bond donors (Lipinski definition) is 0. The zero-order chi connectivity index (χ0) is 30.9. The van der Waals surface area contributed by atoms with Gasteiger partial charge in [0, 0.05) is 39.4 Å². The van der Waals surface area contributed by atoms with Crippen molar-refractivity contribution in [1.29, 1.82) is 0 Å². The van der Waals surface area contributed by atoms with Crippen LogP contribution >= 0.6 is 0 Å². The van der Waals surface area contributed by atoms with Crippen molar-refractivity contribution in [3.8, 4) is 0 Å². The first-order chi connectivity index (χ1) is 21.7. The minimum Gasteiger partial charge on any atom is -0.379 e. The van der Waals surface area contributed by atoms with Gasteiger partial charge in [-0.25, -0.2) is 0 Å². The van der Waals surface area contributed by atoms with Crippen molar-refractivity contribution in [2.75, 3.05) is 105 Å². The average Bonchev–Trinajstić information content (AvgIpc) is 3.04. The van der Waals surface area contributed by atoms with Crippen molar-refractivity contribution in [1.82, 2.24) is 9.80 Å². The first-order valence-corrected chi connectivity index (χ1v) is 16.7. The van der Waals surface area contributed by atoms with E-state index >= 15 is 0 Å². The lowest BCUT2D eigenvalue weighted by Gasteiger charge is -2.29. The number of nitrogens with zero attached hydrogens (tertiary/aromatic N) is 2. The number of rotatable bonds is 4. The van der Waals surface area contributed by atoms with E-state index in [-0.39, 0.29) is 0 Å². The van der Waals surface area contributed by atoms with Crippen LogP contribution in [0.25, 0.3) is 0 Å². The maximum absolute atomic E-state index is 5.94. The van der Waals surface area contributed by atoms with Gasteiger partial charge in [-0.1, -0.05) is 74.5 Å². The van der Waals surface area contributed by atoms with Crippen LogP contribution in [0.4, 0.5) is 0 Å². The average molecular weight is 615 g/mol. The Morgan fingerprint density at radius 1 is 0.455 bits per heavy atom. The molecule has 1 heterocycles. The molecule has 44 heavy (non-hydrogen) atoms. The van der Waals surface area contributed by atoms with Crippen molar-refractivity contribution in [3.63, 3.8) is 0 Å². The predicted molar refractivity (Wildman–Crippen MR) is 176 cm³/mol. The van der Waals surface area contributed by atoms with Crippen molar-refractivity contribution in [2.24, 2.45) is 11.8 Å². The highest BCUT2D eigenvalue weighted by Gasteiger charge is 2.14. The van der Waals surface area contributed by atoms with E-state index in [1.54, 1.807) is 0 Å². The second-order valence-electron chi connectivity index (χ2n) is 11.9. The Morgan fingerprint density at radius 3 is 1.11 bits per heavy atom. The second-order valence-corrected chi connectivity index (χ2v) is 11.9. The molecule has 1 aliphatic heterocycles. The summed E-state index contributed by atoms with van der Waals surface area (Å²) in [6, 6.07) is 21.7. The molecule has 0 spiro atoms. The summed E-state index contributed by atoms with van der Waals surface area (Å²) in [5.41, 5.74) is 2.72. The first-order valence-electron chi connectivity index (χ1n) is 16.7. The van der Waals surface area contributed by atoms with E-state index in [1.807, 2.05) is 0 Å². The van der Waals surface area contributed by atoms with Crippen LogP contribution in [0.3, 0.4) is 0 Å². The van der Waals surface area contributed by atoms with E-state index in [1.165, 1.54) is 11.1 Å². The molecule has 1 fully saturated rings. The third-order valence-electron chi connectivity index (χ3n) is 7.77.